The summed E-state index contributed by atoms with van der Waals surface area (Å²) in [5.74, 6) is -0.0699. The predicted octanol–water partition coefficient (Wildman–Crippen LogP) is 3.07. The third-order valence-corrected chi connectivity index (χ3v) is 4.02. The highest BCUT2D eigenvalue weighted by Gasteiger charge is 2.16. The van der Waals surface area contributed by atoms with Gasteiger partial charge in [0.1, 0.15) is 5.69 Å². The maximum absolute atomic E-state index is 12.3. The van der Waals surface area contributed by atoms with Crippen LogP contribution in [0.4, 0.5) is 5.69 Å². The number of amides is 1. The highest BCUT2D eigenvalue weighted by atomic mass is 32.1. The first-order valence-electron chi connectivity index (χ1n) is 6.78. The lowest BCUT2D eigenvalue weighted by molar-refractivity contribution is 0.0929. The molecule has 1 atom stereocenters. The minimum atomic E-state index is -0.0699. The molecule has 20 heavy (non-hydrogen) atoms. The Labute approximate surface area is 123 Å². The summed E-state index contributed by atoms with van der Waals surface area (Å²) in [5.41, 5.74) is 7.04. The summed E-state index contributed by atoms with van der Waals surface area (Å²) in [6.45, 7) is 6.08. The van der Waals surface area contributed by atoms with Crippen LogP contribution in [0.15, 0.2) is 29.8 Å². The number of hydrogen-bond donors (Lipinski definition) is 2. The average Bonchev–Trinajstić information content (AvgIpc) is 2.97. The van der Waals surface area contributed by atoms with Gasteiger partial charge >= 0.3 is 0 Å². The lowest BCUT2D eigenvalue weighted by Gasteiger charge is -2.16. The van der Waals surface area contributed by atoms with Crippen molar-refractivity contribution in [2.24, 2.45) is 0 Å². The van der Waals surface area contributed by atoms with Crippen LogP contribution in [0.2, 0.25) is 0 Å². The summed E-state index contributed by atoms with van der Waals surface area (Å²) in [6.07, 6.45) is 2.66. The van der Waals surface area contributed by atoms with Crippen LogP contribution in [0, 0.1) is 0 Å². The van der Waals surface area contributed by atoms with Gasteiger partial charge in [-0.15, -0.1) is 11.3 Å². The fourth-order valence-corrected chi connectivity index (χ4v) is 3.02. The van der Waals surface area contributed by atoms with Crippen LogP contribution < -0.4 is 11.1 Å². The molecule has 1 unspecified atom stereocenters. The first-order chi connectivity index (χ1) is 9.47. The van der Waals surface area contributed by atoms with Gasteiger partial charge in [-0.05, 0) is 38.3 Å². The molecule has 0 aromatic carbocycles. The van der Waals surface area contributed by atoms with E-state index >= 15 is 0 Å². The van der Waals surface area contributed by atoms with Crippen LogP contribution in [0.1, 0.15) is 42.2 Å². The van der Waals surface area contributed by atoms with Crippen molar-refractivity contribution >= 4 is 22.9 Å². The number of rotatable bonds is 5. The van der Waals surface area contributed by atoms with E-state index in [0.717, 1.165) is 6.42 Å². The summed E-state index contributed by atoms with van der Waals surface area (Å²) in [6, 6.07) is 6.15. The topological polar surface area (TPSA) is 60.1 Å². The molecule has 0 aliphatic carbocycles. The van der Waals surface area contributed by atoms with Crippen LogP contribution in [0.3, 0.4) is 0 Å². The number of hydrogen-bond acceptors (Lipinski definition) is 3. The largest absolute Gasteiger partial charge is 0.397 e. The third kappa shape index (κ3) is 3.42. The Balaban J connectivity index is 2.04. The number of thiophene rings is 1. The minimum absolute atomic E-state index is 0.0699. The molecule has 2 aromatic heterocycles. The molecule has 0 saturated carbocycles. The van der Waals surface area contributed by atoms with Crippen LogP contribution in [-0.2, 0) is 6.42 Å². The van der Waals surface area contributed by atoms with Gasteiger partial charge in [-0.1, -0.05) is 6.07 Å². The van der Waals surface area contributed by atoms with Gasteiger partial charge in [0.25, 0.3) is 5.91 Å². The zero-order chi connectivity index (χ0) is 14.7. The summed E-state index contributed by atoms with van der Waals surface area (Å²) in [7, 11) is 0. The highest BCUT2D eigenvalue weighted by Crippen LogP contribution is 2.17. The normalized spacial score (nSPS) is 12.6. The van der Waals surface area contributed by atoms with Crippen molar-refractivity contribution in [3.8, 4) is 0 Å². The molecule has 0 bridgehead atoms. The van der Waals surface area contributed by atoms with Gasteiger partial charge in [0, 0.05) is 29.6 Å². The Morgan fingerprint density at radius 3 is 2.80 bits per heavy atom. The van der Waals surface area contributed by atoms with Crippen LogP contribution in [0.5, 0.6) is 0 Å². The molecule has 4 nitrogen and oxygen atoms in total. The number of nitrogens with zero attached hydrogens (tertiary/aromatic N) is 1. The van der Waals surface area contributed by atoms with Crippen LogP contribution in [0.25, 0.3) is 0 Å². The van der Waals surface area contributed by atoms with E-state index in [1.54, 1.807) is 17.4 Å². The molecular formula is C15H21N3OS. The van der Waals surface area contributed by atoms with Crippen molar-refractivity contribution in [2.75, 3.05) is 5.73 Å². The second-order valence-corrected chi connectivity index (χ2v) is 6.35. The molecule has 5 heteroatoms. The average molecular weight is 291 g/mol. The first kappa shape index (κ1) is 14.7. The number of anilines is 1. The molecule has 0 spiro atoms. The third-order valence-electron chi connectivity index (χ3n) is 3.12. The summed E-state index contributed by atoms with van der Waals surface area (Å²) in [4.78, 5) is 13.6. The molecule has 0 saturated heterocycles. The number of nitrogen functional groups attached to an aromatic ring is 1. The zero-order valence-corrected chi connectivity index (χ0v) is 12.9. The van der Waals surface area contributed by atoms with E-state index in [1.807, 2.05) is 37.6 Å². The van der Waals surface area contributed by atoms with Crippen LogP contribution in [-0.4, -0.2) is 16.5 Å². The van der Waals surface area contributed by atoms with Gasteiger partial charge in [-0.2, -0.15) is 0 Å². The van der Waals surface area contributed by atoms with E-state index in [1.165, 1.54) is 4.88 Å². The number of aromatic nitrogens is 1. The Kier molecular flexibility index (Phi) is 4.49. The molecule has 0 aliphatic heterocycles. The maximum atomic E-state index is 12.3. The summed E-state index contributed by atoms with van der Waals surface area (Å²) < 4.78 is 1.91. The Morgan fingerprint density at radius 1 is 1.45 bits per heavy atom. The fraction of sp³-hybridized carbons (Fsp3) is 0.400. The Hall–Kier alpha value is -1.75. The van der Waals surface area contributed by atoms with Crippen molar-refractivity contribution in [2.45, 2.75) is 39.3 Å². The second-order valence-electron chi connectivity index (χ2n) is 5.32. The van der Waals surface area contributed by atoms with Crippen molar-refractivity contribution in [1.82, 2.24) is 9.88 Å². The Morgan fingerprint density at radius 2 is 2.20 bits per heavy atom. The predicted molar refractivity (Wildman–Crippen MR) is 84.2 cm³/mol. The quantitative estimate of drug-likeness (QED) is 0.889. The molecule has 0 aliphatic rings. The van der Waals surface area contributed by atoms with Crippen molar-refractivity contribution in [1.29, 1.82) is 0 Å². The van der Waals surface area contributed by atoms with Gasteiger partial charge in [0.2, 0.25) is 0 Å². The summed E-state index contributed by atoms with van der Waals surface area (Å²) in [5, 5.41) is 5.08. The number of carbonyl (C=O) groups excluding carboxylic acids is 1. The smallest absolute Gasteiger partial charge is 0.268 e. The molecule has 2 rings (SSSR count). The number of nitrogens with one attached hydrogen (secondary N) is 1. The number of nitrogens with two attached hydrogens (primary N) is 1. The zero-order valence-electron chi connectivity index (χ0n) is 12.1. The fourth-order valence-electron chi connectivity index (χ4n) is 2.19. The van der Waals surface area contributed by atoms with E-state index in [2.05, 4.69) is 16.8 Å². The minimum Gasteiger partial charge on any atom is -0.397 e. The van der Waals surface area contributed by atoms with Crippen molar-refractivity contribution in [3.63, 3.8) is 0 Å². The first-order valence-corrected chi connectivity index (χ1v) is 7.66. The van der Waals surface area contributed by atoms with E-state index < -0.39 is 0 Å². The molecule has 2 aromatic rings. The monoisotopic (exact) mass is 291 g/mol. The lowest BCUT2D eigenvalue weighted by atomic mass is 10.2. The molecule has 108 valence electrons. The molecular weight excluding hydrogens is 270 g/mol. The number of carbonyl (C=O) groups is 1. The van der Waals surface area contributed by atoms with Gasteiger partial charge in [0.05, 0.1) is 5.69 Å². The van der Waals surface area contributed by atoms with E-state index in [0.29, 0.717) is 11.4 Å². The molecule has 0 radical (unpaired) electrons. The molecule has 1 amide bonds. The van der Waals surface area contributed by atoms with Crippen LogP contribution >= 0.6 is 11.3 Å². The Bertz CT molecular complexity index is 572. The van der Waals surface area contributed by atoms with Crippen molar-refractivity contribution in [3.05, 3.63) is 40.3 Å². The maximum Gasteiger partial charge on any atom is 0.268 e. The molecule has 2 heterocycles. The molecule has 3 N–H and O–H groups in total. The SMILES string of the molecule is CC(Cc1cccs1)NC(=O)c1cc(N)cn1C(C)C. The van der Waals surface area contributed by atoms with Gasteiger partial charge in [-0.3, -0.25) is 4.79 Å². The molecule has 0 fully saturated rings. The van der Waals surface area contributed by atoms with Gasteiger partial charge in [0.15, 0.2) is 0 Å². The second kappa shape index (κ2) is 6.13. The van der Waals surface area contributed by atoms with Gasteiger partial charge < -0.3 is 15.6 Å². The van der Waals surface area contributed by atoms with E-state index in [-0.39, 0.29) is 18.0 Å². The standard InChI is InChI=1S/C15H21N3OS/c1-10(2)18-9-12(16)8-14(18)15(19)17-11(3)7-13-5-4-6-20-13/h4-6,8-11H,7,16H2,1-3H3,(H,17,19). The van der Waals surface area contributed by atoms with Crippen molar-refractivity contribution < 1.29 is 4.79 Å². The lowest BCUT2D eigenvalue weighted by Crippen LogP contribution is -2.35. The van der Waals surface area contributed by atoms with Gasteiger partial charge in [-0.25, -0.2) is 0 Å². The van der Waals surface area contributed by atoms with E-state index in [4.69, 9.17) is 5.73 Å². The summed E-state index contributed by atoms with van der Waals surface area (Å²) >= 11 is 1.71. The van der Waals surface area contributed by atoms with E-state index in [9.17, 15) is 4.79 Å². The highest BCUT2D eigenvalue weighted by molar-refractivity contribution is 7.09.